The predicted molar refractivity (Wildman–Crippen MR) is 73.3 cm³/mol. The Morgan fingerprint density at radius 3 is 2.17 bits per heavy atom. The van der Waals surface area contributed by atoms with Gasteiger partial charge in [-0.3, -0.25) is 0 Å². The molecule has 18 heavy (non-hydrogen) atoms. The average Bonchev–Trinajstić information content (AvgIpc) is 2.45. The molecular weight excluding hydrogens is 226 g/mol. The topological polar surface area (TPSA) is 30.5 Å². The Balaban J connectivity index is 1.94. The van der Waals surface area contributed by atoms with E-state index in [2.05, 4.69) is 17.4 Å². The standard InChI is InChI=1S/C15H23NO2/c1-17-14-8-12(9-15(10-14)18-2)11-16-13-6-4-3-5-7-13/h8-10,13,16H,3-7,11H2,1-2H3. The van der Waals surface area contributed by atoms with Gasteiger partial charge in [0.15, 0.2) is 0 Å². The third-order valence-corrected chi connectivity index (χ3v) is 3.61. The van der Waals surface area contributed by atoms with Gasteiger partial charge in [0.2, 0.25) is 0 Å². The molecule has 1 aromatic rings. The highest BCUT2D eigenvalue weighted by atomic mass is 16.5. The van der Waals surface area contributed by atoms with E-state index in [0.29, 0.717) is 6.04 Å². The lowest BCUT2D eigenvalue weighted by Gasteiger charge is -2.23. The highest BCUT2D eigenvalue weighted by molar-refractivity contribution is 5.38. The molecule has 3 heteroatoms. The number of hydrogen-bond donors (Lipinski definition) is 1. The van der Waals surface area contributed by atoms with Crippen molar-refractivity contribution in [3.63, 3.8) is 0 Å². The zero-order valence-electron chi connectivity index (χ0n) is 11.4. The summed E-state index contributed by atoms with van der Waals surface area (Å²) in [7, 11) is 3.38. The lowest BCUT2D eigenvalue weighted by atomic mass is 9.95. The quantitative estimate of drug-likeness (QED) is 0.869. The fourth-order valence-corrected chi connectivity index (χ4v) is 2.54. The van der Waals surface area contributed by atoms with Crippen LogP contribution in [0.25, 0.3) is 0 Å². The van der Waals surface area contributed by atoms with Gasteiger partial charge in [-0.1, -0.05) is 19.3 Å². The van der Waals surface area contributed by atoms with Crippen LogP contribution in [0.4, 0.5) is 0 Å². The number of hydrogen-bond acceptors (Lipinski definition) is 3. The van der Waals surface area contributed by atoms with Gasteiger partial charge >= 0.3 is 0 Å². The number of ether oxygens (including phenoxy) is 2. The molecule has 0 spiro atoms. The van der Waals surface area contributed by atoms with Gasteiger partial charge < -0.3 is 14.8 Å². The van der Waals surface area contributed by atoms with Crippen LogP contribution in [0.2, 0.25) is 0 Å². The largest absolute Gasteiger partial charge is 0.497 e. The minimum atomic E-state index is 0.677. The predicted octanol–water partition coefficient (Wildman–Crippen LogP) is 3.13. The van der Waals surface area contributed by atoms with Crippen LogP contribution in [-0.4, -0.2) is 20.3 Å². The van der Waals surface area contributed by atoms with Gasteiger partial charge in [-0.2, -0.15) is 0 Å². The third kappa shape index (κ3) is 3.64. The fourth-order valence-electron chi connectivity index (χ4n) is 2.54. The van der Waals surface area contributed by atoms with E-state index in [0.717, 1.165) is 18.0 Å². The van der Waals surface area contributed by atoms with Crippen molar-refractivity contribution < 1.29 is 9.47 Å². The lowest BCUT2D eigenvalue weighted by Crippen LogP contribution is -2.30. The summed E-state index contributed by atoms with van der Waals surface area (Å²) in [6.45, 7) is 0.887. The summed E-state index contributed by atoms with van der Waals surface area (Å²) in [6.07, 6.45) is 6.73. The van der Waals surface area contributed by atoms with Crippen molar-refractivity contribution >= 4 is 0 Å². The minimum absolute atomic E-state index is 0.677. The molecule has 0 radical (unpaired) electrons. The van der Waals surface area contributed by atoms with Crippen LogP contribution in [0.3, 0.4) is 0 Å². The smallest absolute Gasteiger partial charge is 0.122 e. The van der Waals surface area contributed by atoms with Crippen molar-refractivity contribution in [3.05, 3.63) is 23.8 Å². The zero-order chi connectivity index (χ0) is 12.8. The van der Waals surface area contributed by atoms with Crippen LogP contribution < -0.4 is 14.8 Å². The summed E-state index contributed by atoms with van der Waals surface area (Å²) in [5.41, 5.74) is 1.22. The van der Waals surface area contributed by atoms with Crippen LogP contribution in [0.15, 0.2) is 18.2 Å². The van der Waals surface area contributed by atoms with Gasteiger partial charge in [0.1, 0.15) is 11.5 Å². The Kier molecular flexibility index (Phi) is 4.88. The monoisotopic (exact) mass is 249 g/mol. The Morgan fingerprint density at radius 1 is 1.00 bits per heavy atom. The average molecular weight is 249 g/mol. The molecule has 1 saturated carbocycles. The molecule has 1 aliphatic carbocycles. The SMILES string of the molecule is COc1cc(CNC2CCCCC2)cc(OC)c1. The van der Waals surface area contributed by atoms with E-state index >= 15 is 0 Å². The minimum Gasteiger partial charge on any atom is -0.497 e. The van der Waals surface area contributed by atoms with Crippen LogP contribution in [0, 0.1) is 0 Å². The Hall–Kier alpha value is -1.22. The van der Waals surface area contributed by atoms with Crippen molar-refractivity contribution in [1.82, 2.24) is 5.32 Å². The molecule has 1 fully saturated rings. The van der Waals surface area contributed by atoms with Crippen LogP contribution in [-0.2, 0) is 6.54 Å². The summed E-state index contributed by atoms with van der Waals surface area (Å²) >= 11 is 0. The maximum atomic E-state index is 5.28. The van der Waals surface area contributed by atoms with E-state index in [1.54, 1.807) is 14.2 Å². The Morgan fingerprint density at radius 2 is 1.61 bits per heavy atom. The summed E-state index contributed by atoms with van der Waals surface area (Å²) in [5, 5.41) is 3.63. The summed E-state index contributed by atoms with van der Waals surface area (Å²) in [5.74, 6) is 1.71. The first kappa shape index (κ1) is 13.2. The summed E-state index contributed by atoms with van der Waals surface area (Å²) < 4.78 is 10.6. The fraction of sp³-hybridized carbons (Fsp3) is 0.600. The van der Waals surface area contributed by atoms with Crippen molar-refractivity contribution in [3.8, 4) is 11.5 Å². The molecule has 0 aromatic heterocycles. The van der Waals surface area contributed by atoms with E-state index in [1.807, 2.05) is 6.07 Å². The van der Waals surface area contributed by atoms with Crippen LogP contribution in [0.1, 0.15) is 37.7 Å². The van der Waals surface area contributed by atoms with Gasteiger partial charge in [0.25, 0.3) is 0 Å². The number of benzene rings is 1. The summed E-state index contributed by atoms with van der Waals surface area (Å²) in [4.78, 5) is 0. The highest BCUT2D eigenvalue weighted by Gasteiger charge is 2.12. The molecule has 0 saturated heterocycles. The molecule has 2 rings (SSSR count). The summed E-state index contributed by atoms with van der Waals surface area (Å²) in [6, 6.07) is 6.72. The van der Waals surface area contributed by atoms with E-state index in [9.17, 15) is 0 Å². The van der Waals surface area contributed by atoms with Crippen molar-refractivity contribution in [2.75, 3.05) is 14.2 Å². The lowest BCUT2D eigenvalue weighted by molar-refractivity contribution is 0.369. The second-order valence-electron chi connectivity index (χ2n) is 4.94. The number of methoxy groups -OCH3 is 2. The molecule has 0 heterocycles. The van der Waals surface area contributed by atoms with Gasteiger partial charge in [-0.25, -0.2) is 0 Å². The molecule has 0 aliphatic heterocycles. The first-order valence-corrected chi connectivity index (χ1v) is 6.77. The van der Waals surface area contributed by atoms with Crippen LogP contribution in [0.5, 0.6) is 11.5 Å². The number of nitrogens with one attached hydrogen (secondary N) is 1. The first-order chi connectivity index (χ1) is 8.81. The van der Waals surface area contributed by atoms with Gasteiger partial charge in [-0.15, -0.1) is 0 Å². The second-order valence-corrected chi connectivity index (χ2v) is 4.94. The normalized spacial score (nSPS) is 16.6. The van der Waals surface area contributed by atoms with Gasteiger partial charge in [0, 0.05) is 18.7 Å². The highest BCUT2D eigenvalue weighted by Crippen LogP contribution is 2.23. The molecule has 1 aliphatic rings. The van der Waals surface area contributed by atoms with E-state index in [1.165, 1.54) is 37.7 Å². The maximum Gasteiger partial charge on any atom is 0.122 e. The maximum absolute atomic E-state index is 5.28. The zero-order valence-corrected chi connectivity index (χ0v) is 11.4. The molecule has 0 bridgehead atoms. The molecule has 100 valence electrons. The van der Waals surface area contributed by atoms with Crippen molar-refractivity contribution in [1.29, 1.82) is 0 Å². The van der Waals surface area contributed by atoms with E-state index in [4.69, 9.17) is 9.47 Å². The molecule has 0 unspecified atom stereocenters. The molecule has 1 aromatic carbocycles. The Labute approximate surface area is 109 Å². The molecule has 1 N–H and O–H groups in total. The van der Waals surface area contributed by atoms with Crippen molar-refractivity contribution in [2.24, 2.45) is 0 Å². The molecular formula is C15H23NO2. The van der Waals surface area contributed by atoms with Gasteiger partial charge in [-0.05, 0) is 30.5 Å². The number of rotatable bonds is 5. The molecule has 3 nitrogen and oxygen atoms in total. The Bertz CT molecular complexity index is 351. The molecule has 0 atom stereocenters. The van der Waals surface area contributed by atoms with Crippen LogP contribution >= 0.6 is 0 Å². The van der Waals surface area contributed by atoms with E-state index < -0.39 is 0 Å². The second kappa shape index (κ2) is 6.64. The molecule has 0 amide bonds. The third-order valence-electron chi connectivity index (χ3n) is 3.61. The van der Waals surface area contributed by atoms with Gasteiger partial charge in [0.05, 0.1) is 14.2 Å². The first-order valence-electron chi connectivity index (χ1n) is 6.77. The van der Waals surface area contributed by atoms with Crippen molar-refractivity contribution in [2.45, 2.75) is 44.7 Å². The van der Waals surface area contributed by atoms with E-state index in [-0.39, 0.29) is 0 Å².